The molecule has 0 saturated heterocycles. The van der Waals surface area contributed by atoms with Crippen molar-refractivity contribution in [2.75, 3.05) is 0 Å². The van der Waals surface area contributed by atoms with Crippen molar-refractivity contribution < 1.29 is 117 Å². The van der Waals surface area contributed by atoms with Crippen LogP contribution in [0.3, 0.4) is 0 Å². The van der Waals surface area contributed by atoms with Crippen LogP contribution in [0.2, 0.25) is 0 Å². The molecule has 4 rings (SSSR count). The van der Waals surface area contributed by atoms with Gasteiger partial charge in [0.1, 0.15) is 5.75 Å². The predicted octanol–water partition coefficient (Wildman–Crippen LogP) is -3.00. The van der Waals surface area contributed by atoms with Crippen LogP contribution in [0.5, 0.6) is 11.5 Å². The molecule has 11 heteroatoms. The fraction of sp³-hybridized carbons (Fsp3) is 0. The van der Waals surface area contributed by atoms with Crippen LogP contribution in [-0.2, 0) is 32.8 Å². The van der Waals surface area contributed by atoms with E-state index < -0.39 is 11.7 Å². The van der Waals surface area contributed by atoms with Crippen LogP contribution >= 0.6 is 31.9 Å². The molecule has 0 unspecified atom stereocenters. The first-order chi connectivity index (χ1) is 12.9. The van der Waals surface area contributed by atoms with E-state index in [1.807, 2.05) is 0 Å². The number of benzene rings is 2. The van der Waals surface area contributed by atoms with Gasteiger partial charge in [0.05, 0.1) is 10.5 Å². The molecule has 2 aromatic rings. The SMILES string of the molecule is [Hg+].[Na+].[Na+].[OH-].[O]C1=C=C2Oc3cc([O-])c(Br)cc3C(c3ccccc3C(=O)[O-])=C2C=C1Br. The van der Waals surface area contributed by atoms with E-state index in [4.69, 9.17) is 4.74 Å². The molecule has 1 aliphatic carbocycles. The summed E-state index contributed by atoms with van der Waals surface area (Å²) in [7, 11) is 0. The maximum Gasteiger partial charge on any atom is 1.00 e. The van der Waals surface area contributed by atoms with E-state index in [2.05, 4.69) is 37.6 Å². The molecule has 0 saturated carbocycles. The topological polar surface area (TPSA) is 122 Å². The van der Waals surface area contributed by atoms with Crippen molar-refractivity contribution in [3.05, 3.63) is 90.9 Å². The molecule has 0 atom stereocenters. The first kappa shape index (κ1) is 31.2. The Morgan fingerprint density at radius 3 is 2.35 bits per heavy atom. The molecule has 0 fully saturated rings. The molecule has 0 bridgehead atoms. The van der Waals surface area contributed by atoms with Crippen LogP contribution in [0.1, 0.15) is 21.5 Å². The van der Waals surface area contributed by atoms with Gasteiger partial charge in [0, 0.05) is 26.7 Å². The summed E-state index contributed by atoms with van der Waals surface area (Å²) in [6.45, 7) is 0. The number of carboxylic acids is 1. The number of rotatable bonds is 2. The number of halogens is 2. The van der Waals surface area contributed by atoms with Gasteiger partial charge in [-0.15, -0.1) is 0 Å². The Bertz CT molecular complexity index is 1170. The van der Waals surface area contributed by atoms with Crippen molar-refractivity contribution in [3.63, 3.8) is 0 Å². The fourth-order valence-corrected chi connectivity index (χ4v) is 3.66. The first-order valence-corrected chi connectivity index (χ1v) is 9.25. The zero-order valence-corrected chi connectivity index (χ0v) is 29.2. The van der Waals surface area contributed by atoms with E-state index in [9.17, 15) is 20.1 Å². The molecule has 0 aromatic heterocycles. The van der Waals surface area contributed by atoms with Crippen molar-refractivity contribution in [1.29, 1.82) is 0 Å². The van der Waals surface area contributed by atoms with Crippen LogP contribution in [0.15, 0.2) is 74.3 Å². The standard InChI is InChI=1S/C20H9Br2O5.Hg.2Na.H2O/c21-13-5-11-17(7-15(13)23)27-18-8-16(24)14(22)6-12(18)19(11)9-3-1-2-4-10(9)20(25)26;;;;/h1-7,23H,(H,25,26);;;;1H2/q;3*+1;/p-3. The average molecular weight is 751 g/mol. The smallest absolute Gasteiger partial charge is 0.872 e. The molecule has 142 valence electrons. The summed E-state index contributed by atoms with van der Waals surface area (Å²) in [4.78, 5) is 11.6. The normalized spacial score (nSPS) is 13.2. The van der Waals surface area contributed by atoms with E-state index in [-0.39, 0.29) is 120 Å². The minimum Gasteiger partial charge on any atom is -0.872 e. The number of allylic oxidation sites excluding steroid dienone is 1. The second-order valence-electron chi connectivity index (χ2n) is 5.78. The molecule has 1 heterocycles. The zero-order valence-electron chi connectivity index (χ0n) is 16.5. The molecule has 1 aliphatic heterocycles. The van der Waals surface area contributed by atoms with Gasteiger partial charge in [-0.3, -0.25) is 5.11 Å². The van der Waals surface area contributed by atoms with Crippen LogP contribution < -0.4 is 74.1 Å². The van der Waals surface area contributed by atoms with Crippen LogP contribution in [-0.4, -0.2) is 11.4 Å². The predicted molar refractivity (Wildman–Crippen MR) is 101 cm³/mol. The van der Waals surface area contributed by atoms with Crippen LogP contribution in [0, 0.1) is 0 Å². The number of carboxylic acid groups (broad SMARTS) is 1. The largest absolute Gasteiger partial charge is 1.00 e. The summed E-state index contributed by atoms with van der Waals surface area (Å²) in [5.74, 6) is -1.71. The summed E-state index contributed by atoms with van der Waals surface area (Å²) >= 11 is 6.40. The van der Waals surface area contributed by atoms with Crippen LogP contribution in [0.25, 0.3) is 5.57 Å². The summed E-state index contributed by atoms with van der Waals surface area (Å²) < 4.78 is 6.29. The number of hydrogen-bond acceptors (Lipinski definition) is 5. The summed E-state index contributed by atoms with van der Waals surface area (Å²) in [6, 6.07) is 9.21. The molecule has 0 amide bonds. The third-order valence-electron chi connectivity index (χ3n) is 4.16. The van der Waals surface area contributed by atoms with Gasteiger partial charge in [-0.1, -0.05) is 45.9 Å². The van der Waals surface area contributed by atoms with Crippen molar-refractivity contribution in [2.45, 2.75) is 0 Å². The van der Waals surface area contributed by atoms with E-state index in [1.165, 1.54) is 12.1 Å². The van der Waals surface area contributed by atoms with Gasteiger partial charge in [-0.2, -0.15) is 0 Å². The van der Waals surface area contributed by atoms with Crippen molar-refractivity contribution >= 4 is 43.4 Å². The third kappa shape index (κ3) is 6.00. The number of aromatic carboxylic acids is 1. The molecule has 2 aliphatic rings. The van der Waals surface area contributed by atoms with Gasteiger partial charge in [-0.25, -0.2) is 0 Å². The van der Waals surface area contributed by atoms with E-state index in [1.54, 1.807) is 30.3 Å². The van der Waals surface area contributed by atoms with E-state index in [0.717, 1.165) is 0 Å². The molecular weight excluding hydrogens is 743 g/mol. The second kappa shape index (κ2) is 12.6. The Labute approximate surface area is 259 Å². The minimum atomic E-state index is -1.34. The van der Waals surface area contributed by atoms with Gasteiger partial charge < -0.3 is 25.2 Å². The number of hydrogen-bond donors (Lipinski definition) is 0. The monoisotopic (exact) mass is 750 g/mol. The fourth-order valence-electron chi connectivity index (χ4n) is 2.99. The van der Waals surface area contributed by atoms with Crippen LogP contribution in [0.4, 0.5) is 0 Å². The zero-order chi connectivity index (χ0) is 19.3. The molecule has 0 spiro atoms. The molecule has 1 N–H and O–H groups in total. The van der Waals surface area contributed by atoms with Gasteiger partial charge in [0.2, 0.25) is 5.76 Å². The van der Waals surface area contributed by atoms with Gasteiger partial charge in [0.25, 0.3) is 0 Å². The number of fused-ring (bicyclic) bond motifs is 2. The Kier molecular flexibility index (Phi) is 12.6. The maximum atomic E-state index is 12.0. The van der Waals surface area contributed by atoms with E-state index >= 15 is 0 Å². The maximum absolute atomic E-state index is 12.0. The quantitative estimate of drug-likeness (QED) is 0.240. The second-order valence-corrected chi connectivity index (χ2v) is 7.49. The number of carbonyl (C=O) groups is 1. The summed E-state index contributed by atoms with van der Waals surface area (Å²) in [6.07, 6.45) is 1.55. The van der Waals surface area contributed by atoms with Gasteiger partial charge in [0.15, 0.2) is 5.76 Å². The summed E-state index contributed by atoms with van der Waals surface area (Å²) in [5, 5.41) is 35.6. The number of carbonyl (C=O) groups excluding carboxylic acids is 1. The first-order valence-electron chi connectivity index (χ1n) is 7.66. The van der Waals surface area contributed by atoms with Crippen molar-refractivity contribution in [1.82, 2.24) is 0 Å². The Balaban J connectivity index is 0.00000225. The van der Waals surface area contributed by atoms with Crippen molar-refractivity contribution in [3.8, 4) is 11.5 Å². The Hall–Kier alpha value is 0.165. The van der Waals surface area contributed by atoms with Gasteiger partial charge >= 0.3 is 86.8 Å². The molecule has 31 heavy (non-hydrogen) atoms. The molecule has 6 nitrogen and oxygen atoms in total. The number of ether oxygens (including phenoxy) is 1. The third-order valence-corrected chi connectivity index (χ3v) is 5.37. The summed E-state index contributed by atoms with van der Waals surface area (Å²) in [5.41, 5.74) is 4.46. The van der Waals surface area contributed by atoms with Crippen molar-refractivity contribution in [2.24, 2.45) is 0 Å². The molecule has 2 radical (unpaired) electrons. The van der Waals surface area contributed by atoms with Gasteiger partial charge in [-0.05, 0) is 45.4 Å². The Morgan fingerprint density at radius 2 is 1.71 bits per heavy atom. The molecular formula is C20H8Br2HgNa2O6. The van der Waals surface area contributed by atoms with E-state index in [0.29, 0.717) is 26.7 Å². The molecule has 2 aromatic carbocycles. The average Bonchev–Trinajstić information content (AvgIpc) is 2.63. The Morgan fingerprint density at radius 1 is 1.06 bits per heavy atom. The minimum absolute atomic E-state index is 0.